The molecule has 0 aromatic carbocycles. The monoisotopic (exact) mass is 224 g/mol. The molecule has 0 bridgehead atoms. The van der Waals surface area contributed by atoms with Crippen molar-refractivity contribution in [3.05, 3.63) is 18.0 Å². The molecule has 0 N–H and O–H groups in total. The number of rotatable bonds is 3. The molecule has 2 heterocycles. The van der Waals surface area contributed by atoms with Crippen molar-refractivity contribution in [3.63, 3.8) is 0 Å². The summed E-state index contributed by atoms with van der Waals surface area (Å²) in [6.45, 7) is 2.58. The fraction of sp³-hybridized carbons (Fsp3) is 0.636. The Kier molecular flexibility index (Phi) is 3.56. The molecule has 88 valence electrons. The molecule has 0 amide bonds. The highest BCUT2D eigenvalue weighted by atomic mass is 16.5. The van der Waals surface area contributed by atoms with Crippen LogP contribution >= 0.6 is 0 Å². The molecule has 1 fully saturated rings. The van der Waals surface area contributed by atoms with E-state index in [1.165, 1.54) is 7.11 Å². The van der Waals surface area contributed by atoms with E-state index < -0.39 is 0 Å². The minimum atomic E-state index is -0.0840. The Hall–Kier alpha value is -1.36. The summed E-state index contributed by atoms with van der Waals surface area (Å²) in [6.07, 6.45) is 3.37. The third kappa shape index (κ3) is 2.61. The average molecular weight is 224 g/mol. The summed E-state index contributed by atoms with van der Waals surface area (Å²) in [7, 11) is 1.45. The van der Waals surface area contributed by atoms with E-state index in [9.17, 15) is 4.79 Å². The lowest BCUT2D eigenvalue weighted by molar-refractivity contribution is -0.147. The number of carbonyl (C=O) groups excluding carboxylic acids is 1. The van der Waals surface area contributed by atoms with Gasteiger partial charge in [0, 0.05) is 6.07 Å². The first kappa shape index (κ1) is 11.1. The molecule has 0 radical (unpaired) electrons. The van der Waals surface area contributed by atoms with E-state index >= 15 is 0 Å². The van der Waals surface area contributed by atoms with Crippen molar-refractivity contribution < 1.29 is 14.1 Å². The summed E-state index contributed by atoms with van der Waals surface area (Å²) in [5, 5.41) is 3.67. The average Bonchev–Trinajstić information content (AvgIpc) is 2.82. The quantitative estimate of drug-likeness (QED) is 0.718. The molecule has 0 spiro atoms. The molecule has 0 atom stereocenters. The molecule has 5 heteroatoms. The van der Waals surface area contributed by atoms with Crippen LogP contribution in [0.5, 0.6) is 0 Å². The van der Waals surface area contributed by atoms with Crippen molar-refractivity contribution in [3.8, 4) is 0 Å². The van der Waals surface area contributed by atoms with E-state index in [1.54, 1.807) is 6.20 Å². The molecule has 1 aliphatic rings. The Balaban J connectivity index is 1.79. The Morgan fingerprint density at radius 3 is 2.94 bits per heavy atom. The van der Waals surface area contributed by atoms with Gasteiger partial charge in [-0.2, -0.15) is 0 Å². The zero-order valence-corrected chi connectivity index (χ0v) is 9.39. The number of carbonyl (C=O) groups is 1. The highest BCUT2D eigenvalue weighted by Gasteiger charge is 2.25. The number of methoxy groups -OCH3 is 1. The molecule has 2 rings (SSSR count). The second-order valence-electron chi connectivity index (χ2n) is 4.05. The third-order valence-corrected chi connectivity index (χ3v) is 2.99. The van der Waals surface area contributed by atoms with Gasteiger partial charge in [-0.25, -0.2) is 0 Å². The summed E-state index contributed by atoms with van der Waals surface area (Å²) in [5.41, 5.74) is 0. The summed E-state index contributed by atoms with van der Waals surface area (Å²) in [6, 6.07) is 1.87. The second kappa shape index (κ2) is 5.12. The maximum Gasteiger partial charge on any atom is 0.308 e. The van der Waals surface area contributed by atoms with Crippen LogP contribution in [0.25, 0.3) is 0 Å². The third-order valence-electron chi connectivity index (χ3n) is 2.99. The first-order chi connectivity index (χ1) is 7.79. The van der Waals surface area contributed by atoms with Gasteiger partial charge in [-0.1, -0.05) is 5.16 Å². The number of ether oxygens (including phenoxy) is 1. The van der Waals surface area contributed by atoms with Crippen LogP contribution in [-0.4, -0.2) is 36.2 Å². The van der Waals surface area contributed by atoms with Gasteiger partial charge in [-0.3, -0.25) is 9.69 Å². The SMILES string of the molecule is COC(=O)C1CCN(Cc2ccno2)CC1. The van der Waals surface area contributed by atoms with Gasteiger partial charge in [0.05, 0.1) is 25.8 Å². The van der Waals surface area contributed by atoms with Crippen molar-refractivity contribution in [2.75, 3.05) is 20.2 Å². The highest BCUT2D eigenvalue weighted by Crippen LogP contribution is 2.19. The molecule has 16 heavy (non-hydrogen) atoms. The summed E-state index contributed by atoms with van der Waals surface area (Å²) >= 11 is 0. The molecule has 0 aliphatic carbocycles. The Bertz CT molecular complexity index is 329. The van der Waals surface area contributed by atoms with E-state index in [2.05, 4.69) is 10.1 Å². The molecule has 0 unspecified atom stereocenters. The van der Waals surface area contributed by atoms with E-state index in [-0.39, 0.29) is 11.9 Å². The predicted octanol–water partition coefficient (Wildman–Crippen LogP) is 1.06. The highest BCUT2D eigenvalue weighted by molar-refractivity contribution is 5.72. The summed E-state index contributed by atoms with van der Waals surface area (Å²) < 4.78 is 9.79. The zero-order chi connectivity index (χ0) is 11.4. The van der Waals surface area contributed by atoms with E-state index in [0.29, 0.717) is 0 Å². The van der Waals surface area contributed by atoms with E-state index in [1.807, 2.05) is 6.07 Å². The van der Waals surface area contributed by atoms with Crippen LogP contribution in [0.4, 0.5) is 0 Å². The van der Waals surface area contributed by atoms with Crippen LogP contribution in [0.1, 0.15) is 18.6 Å². The van der Waals surface area contributed by atoms with Gasteiger partial charge < -0.3 is 9.26 Å². The molecule has 1 aromatic rings. The van der Waals surface area contributed by atoms with Gasteiger partial charge in [-0.15, -0.1) is 0 Å². The van der Waals surface area contributed by atoms with Crippen molar-refractivity contribution in [1.29, 1.82) is 0 Å². The molecule has 1 aromatic heterocycles. The lowest BCUT2D eigenvalue weighted by Gasteiger charge is -2.29. The fourth-order valence-corrected chi connectivity index (χ4v) is 2.04. The second-order valence-corrected chi connectivity index (χ2v) is 4.05. The van der Waals surface area contributed by atoms with Crippen molar-refractivity contribution >= 4 is 5.97 Å². The van der Waals surface area contributed by atoms with Crippen LogP contribution in [0.2, 0.25) is 0 Å². The molecule has 5 nitrogen and oxygen atoms in total. The summed E-state index contributed by atoms with van der Waals surface area (Å²) in [5.74, 6) is 0.854. The minimum absolute atomic E-state index is 0.0657. The maximum atomic E-state index is 11.3. The first-order valence-electron chi connectivity index (χ1n) is 5.49. The Labute approximate surface area is 94.3 Å². The van der Waals surface area contributed by atoms with Gasteiger partial charge in [0.2, 0.25) is 0 Å². The van der Waals surface area contributed by atoms with Crippen LogP contribution in [0.15, 0.2) is 16.8 Å². The number of nitrogens with zero attached hydrogens (tertiary/aromatic N) is 2. The fourth-order valence-electron chi connectivity index (χ4n) is 2.04. The topological polar surface area (TPSA) is 55.6 Å². The number of esters is 1. The Morgan fingerprint density at radius 1 is 1.62 bits per heavy atom. The molecule has 1 saturated heterocycles. The maximum absolute atomic E-state index is 11.3. The van der Waals surface area contributed by atoms with E-state index in [4.69, 9.17) is 9.26 Å². The molecular formula is C11H16N2O3. The van der Waals surface area contributed by atoms with Crippen molar-refractivity contribution in [2.45, 2.75) is 19.4 Å². The van der Waals surface area contributed by atoms with Crippen molar-refractivity contribution in [1.82, 2.24) is 10.1 Å². The lowest BCUT2D eigenvalue weighted by atomic mass is 9.97. The Morgan fingerprint density at radius 2 is 2.38 bits per heavy atom. The van der Waals surface area contributed by atoms with Crippen LogP contribution in [0.3, 0.4) is 0 Å². The number of likely N-dealkylation sites (tertiary alicyclic amines) is 1. The van der Waals surface area contributed by atoms with Gasteiger partial charge in [-0.05, 0) is 25.9 Å². The van der Waals surface area contributed by atoms with Gasteiger partial charge in [0.25, 0.3) is 0 Å². The largest absolute Gasteiger partial charge is 0.469 e. The van der Waals surface area contributed by atoms with Crippen LogP contribution in [0, 0.1) is 5.92 Å². The lowest BCUT2D eigenvalue weighted by Crippen LogP contribution is -2.36. The zero-order valence-electron chi connectivity index (χ0n) is 9.39. The number of piperidine rings is 1. The normalized spacial score (nSPS) is 18.6. The number of aromatic nitrogens is 1. The van der Waals surface area contributed by atoms with Gasteiger partial charge >= 0.3 is 5.97 Å². The van der Waals surface area contributed by atoms with Crippen LogP contribution in [-0.2, 0) is 16.1 Å². The van der Waals surface area contributed by atoms with Gasteiger partial charge in [0.15, 0.2) is 5.76 Å². The standard InChI is InChI=1S/C11H16N2O3/c1-15-11(14)9-3-6-13(7-4-9)8-10-2-5-12-16-10/h2,5,9H,3-4,6-8H2,1H3. The van der Waals surface area contributed by atoms with E-state index in [0.717, 1.165) is 38.2 Å². The smallest absolute Gasteiger partial charge is 0.308 e. The predicted molar refractivity (Wildman–Crippen MR) is 56.5 cm³/mol. The minimum Gasteiger partial charge on any atom is -0.469 e. The van der Waals surface area contributed by atoms with Crippen LogP contribution < -0.4 is 0 Å². The molecular weight excluding hydrogens is 208 g/mol. The number of hydrogen-bond donors (Lipinski definition) is 0. The van der Waals surface area contributed by atoms with Gasteiger partial charge in [0.1, 0.15) is 0 Å². The molecule has 1 aliphatic heterocycles. The van der Waals surface area contributed by atoms with Crippen molar-refractivity contribution in [2.24, 2.45) is 5.92 Å². The first-order valence-corrected chi connectivity index (χ1v) is 5.49. The summed E-state index contributed by atoms with van der Waals surface area (Å²) in [4.78, 5) is 13.6. The molecule has 0 saturated carbocycles. The number of hydrogen-bond acceptors (Lipinski definition) is 5.